The molecule has 0 radical (unpaired) electrons. The summed E-state index contributed by atoms with van der Waals surface area (Å²) in [6, 6.07) is 0. The largest absolute Gasteiger partial charge is 0.387 e. The summed E-state index contributed by atoms with van der Waals surface area (Å²) in [7, 11) is 0. The molecule has 0 bridgehead atoms. The maximum absolute atomic E-state index is 10.5. The van der Waals surface area contributed by atoms with Crippen LogP contribution in [0.15, 0.2) is 0 Å². The second-order valence-electron chi connectivity index (χ2n) is 7.60. The summed E-state index contributed by atoms with van der Waals surface area (Å²) in [6.07, 6.45) is 3.45. The quantitative estimate of drug-likeness (QED) is 0.373. The molecule has 0 unspecified atom stereocenters. The van der Waals surface area contributed by atoms with Gasteiger partial charge in [-0.2, -0.15) is 0 Å². The third-order valence-electron chi connectivity index (χ3n) is 5.20. The fourth-order valence-corrected chi connectivity index (χ4v) is 3.46. The van der Waals surface area contributed by atoms with Crippen LogP contribution in [0, 0.1) is 0 Å². The molecule has 0 amide bonds. The molecular weight excluding hydrogens is 348 g/mol. The van der Waals surface area contributed by atoms with Gasteiger partial charge in [-0.25, -0.2) is 0 Å². The lowest BCUT2D eigenvalue weighted by atomic mass is 9.84. The molecular formula is C21H42O6. The fraction of sp³-hybridized carbons (Fsp3) is 1.00. The van der Waals surface area contributed by atoms with Gasteiger partial charge in [0.25, 0.3) is 0 Å². The third-order valence-corrected chi connectivity index (χ3v) is 5.20. The topological polar surface area (TPSA) is 88.4 Å². The zero-order valence-electron chi connectivity index (χ0n) is 17.5. The van der Waals surface area contributed by atoms with E-state index >= 15 is 0 Å². The predicted molar refractivity (Wildman–Crippen MR) is 106 cm³/mol. The van der Waals surface area contributed by atoms with Crippen LogP contribution in [0.25, 0.3) is 0 Å². The molecule has 27 heavy (non-hydrogen) atoms. The Morgan fingerprint density at radius 1 is 0.481 bits per heavy atom. The normalized spacial score (nSPS) is 31.3. The zero-order valence-corrected chi connectivity index (χ0v) is 17.5. The Hall–Kier alpha value is -0.240. The molecule has 1 aliphatic rings. The van der Waals surface area contributed by atoms with Gasteiger partial charge in [0.05, 0.1) is 0 Å². The van der Waals surface area contributed by atoms with Gasteiger partial charge in [0.1, 0.15) is 36.6 Å². The molecule has 6 nitrogen and oxygen atoms in total. The second kappa shape index (κ2) is 14.7. The SMILES string of the molecule is CCCCCO[C@H]1[C@H](OCCCCC)[C@H](O)[C@H](O)[C@@H](O)[C@@H]1OCCCCC. The number of aliphatic hydroxyl groups is 3. The Kier molecular flexibility index (Phi) is 13.5. The number of hydrogen-bond acceptors (Lipinski definition) is 6. The predicted octanol–water partition coefficient (Wildman–Crippen LogP) is 2.81. The van der Waals surface area contributed by atoms with Gasteiger partial charge in [0.15, 0.2) is 0 Å². The van der Waals surface area contributed by atoms with Gasteiger partial charge in [-0.05, 0) is 19.3 Å². The molecule has 6 heteroatoms. The molecule has 162 valence electrons. The molecule has 0 spiro atoms. The zero-order chi connectivity index (χ0) is 20.1. The maximum Gasteiger partial charge on any atom is 0.115 e. The highest BCUT2D eigenvalue weighted by atomic mass is 16.6. The number of ether oxygens (including phenoxy) is 3. The molecule has 0 heterocycles. The Balaban J connectivity index is 2.78. The van der Waals surface area contributed by atoms with Crippen LogP contribution < -0.4 is 0 Å². The second-order valence-corrected chi connectivity index (χ2v) is 7.60. The molecule has 6 atom stereocenters. The van der Waals surface area contributed by atoms with Crippen molar-refractivity contribution < 1.29 is 29.5 Å². The van der Waals surface area contributed by atoms with Gasteiger partial charge < -0.3 is 29.5 Å². The van der Waals surface area contributed by atoms with Crippen LogP contribution in [0.4, 0.5) is 0 Å². The molecule has 1 fully saturated rings. The Morgan fingerprint density at radius 2 is 0.815 bits per heavy atom. The molecule has 0 aromatic heterocycles. The van der Waals surface area contributed by atoms with Crippen LogP contribution in [-0.4, -0.2) is 71.8 Å². The monoisotopic (exact) mass is 390 g/mol. The molecule has 1 aliphatic carbocycles. The van der Waals surface area contributed by atoms with Crippen molar-refractivity contribution in [2.45, 2.75) is 115 Å². The molecule has 1 saturated carbocycles. The first-order chi connectivity index (χ1) is 13.1. The van der Waals surface area contributed by atoms with Crippen LogP contribution in [0.3, 0.4) is 0 Å². The van der Waals surface area contributed by atoms with E-state index in [1.165, 1.54) is 0 Å². The van der Waals surface area contributed by atoms with E-state index < -0.39 is 36.6 Å². The van der Waals surface area contributed by atoms with Crippen molar-refractivity contribution in [2.75, 3.05) is 19.8 Å². The molecule has 1 rings (SSSR count). The summed E-state index contributed by atoms with van der Waals surface area (Å²) in [4.78, 5) is 0. The minimum atomic E-state index is -1.30. The summed E-state index contributed by atoms with van der Waals surface area (Å²) in [6.45, 7) is 7.89. The van der Waals surface area contributed by atoms with E-state index in [9.17, 15) is 15.3 Å². The van der Waals surface area contributed by atoms with Gasteiger partial charge in [-0.1, -0.05) is 59.3 Å². The van der Waals surface area contributed by atoms with Crippen molar-refractivity contribution in [1.29, 1.82) is 0 Å². The average molecular weight is 391 g/mol. The van der Waals surface area contributed by atoms with Gasteiger partial charge >= 0.3 is 0 Å². The van der Waals surface area contributed by atoms with Crippen LogP contribution >= 0.6 is 0 Å². The number of rotatable bonds is 15. The van der Waals surface area contributed by atoms with Gasteiger partial charge in [-0.15, -0.1) is 0 Å². The lowest BCUT2D eigenvalue weighted by molar-refractivity contribution is -0.257. The molecule has 0 saturated heterocycles. The average Bonchev–Trinajstić information content (AvgIpc) is 2.67. The fourth-order valence-electron chi connectivity index (χ4n) is 3.46. The first kappa shape index (κ1) is 24.8. The van der Waals surface area contributed by atoms with E-state index in [0.29, 0.717) is 19.8 Å². The molecule has 0 aromatic rings. The number of unbranched alkanes of at least 4 members (excludes halogenated alkanes) is 6. The summed E-state index contributed by atoms with van der Waals surface area (Å²) >= 11 is 0. The highest BCUT2D eigenvalue weighted by Gasteiger charge is 2.51. The molecule has 0 aliphatic heterocycles. The minimum absolute atomic E-state index is 0.496. The first-order valence-corrected chi connectivity index (χ1v) is 11.0. The van der Waals surface area contributed by atoms with Crippen molar-refractivity contribution in [3.63, 3.8) is 0 Å². The van der Waals surface area contributed by atoms with E-state index in [4.69, 9.17) is 14.2 Å². The molecule has 3 N–H and O–H groups in total. The van der Waals surface area contributed by atoms with Crippen molar-refractivity contribution in [3.8, 4) is 0 Å². The standard InChI is InChI=1S/C21H42O6/c1-4-7-10-13-25-19-17(23)16(22)18(24)20(26-14-11-8-5-2)21(19)27-15-12-9-6-3/h16-24H,4-15H2,1-3H3/t16-,17-,18-,19+,20-,21-/m1/s1. The lowest BCUT2D eigenvalue weighted by Gasteiger charge is -2.45. The lowest BCUT2D eigenvalue weighted by Crippen LogP contribution is -2.65. The summed E-state index contributed by atoms with van der Waals surface area (Å²) in [5.41, 5.74) is 0. The van der Waals surface area contributed by atoms with Crippen molar-refractivity contribution in [2.24, 2.45) is 0 Å². The van der Waals surface area contributed by atoms with Gasteiger partial charge in [0.2, 0.25) is 0 Å². The maximum atomic E-state index is 10.5. The van der Waals surface area contributed by atoms with Crippen LogP contribution in [0.2, 0.25) is 0 Å². The molecule has 0 aromatic carbocycles. The Labute approximate surface area is 165 Å². The smallest absolute Gasteiger partial charge is 0.115 e. The van der Waals surface area contributed by atoms with Gasteiger partial charge in [0, 0.05) is 19.8 Å². The van der Waals surface area contributed by atoms with Crippen molar-refractivity contribution in [1.82, 2.24) is 0 Å². The first-order valence-electron chi connectivity index (χ1n) is 11.0. The van der Waals surface area contributed by atoms with Crippen molar-refractivity contribution in [3.05, 3.63) is 0 Å². The Morgan fingerprint density at radius 3 is 1.15 bits per heavy atom. The van der Waals surface area contributed by atoms with E-state index in [2.05, 4.69) is 20.8 Å². The van der Waals surface area contributed by atoms with E-state index in [1.54, 1.807) is 0 Å². The van der Waals surface area contributed by atoms with Crippen molar-refractivity contribution >= 4 is 0 Å². The summed E-state index contributed by atoms with van der Waals surface area (Å²) in [5.74, 6) is 0. The third kappa shape index (κ3) is 8.34. The summed E-state index contributed by atoms with van der Waals surface area (Å²) < 4.78 is 17.9. The minimum Gasteiger partial charge on any atom is -0.387 e. The Bertz CT molecular complexity index is 328. The number of hydrogen-bond donors (Lipinski definition) is 3. The van der Waals surface area contributed by atoms with Crippen LogP contribution in [-0.2, 0) is 14.2 Å². The van der Waals surface area contributed by atoms with Crippen LogP contribution in [0.5, 0.6) is 0 Å². The highest BCUT2D eigenvalue weighted by molar-refractivity contribution is 5.01. The van der Waals surface area contributed by atoms with Crippen LogP contribution in [0.1, 0.15) is 78.6 Å². The van der Waals surface area contributed by atoms with E-state index in [-0.39, 0.29) is 0 Å². The highest BCUT2D eigenvalue weighted by Crippen LogP contribution is 2.29. The van der Waals surface area contributed by atoms with Gasteiger partial charge in [-0.3, -0.25) is 0 Å². The van der Waals surface area contributed by atoms with E-state index in [1.807, 2.05) is 0 Å². The summed E-state index contributed by atoms with van der Waals surface area (Å²) in [5, 5.41) is 31.3. The number of aliphatic hydroxyl groups excluding tert-OH is 3. The van der Waals surface area contributed by atoms with E-state index in [0.717, 1.165) is 57.8 Å².